The molecule has 0 aliphatic heterocycles. The normalized spacial score (nSPS) is 16.4. The summed E-state index contributed by atoms with van der Waals surface area (Å²) in [6.07, 6.45) is 4.58. The van der Waals surface area contributed by atoms with Crippen LogP contribution in [0.15, 0.2) is 18.3 Å². The Morgan fingerprint density at radius 1 is 1.40 bits per heavy atom. The van der Waals surface area contributed by atoms with Crippen LogP contribution in [0.5, 0.6) is 0 Å². The molecule has 0 aromatic carbocycles. The van der Waals surface area contributed by atoms with Crippen molar-refractivity contribution in [3.63, 3.8) is 0 Å². The predicted octanol–water partition coefficient (Wildman–Crippen LogP) is 2.00. The van der Waals surface area contributed by atoms with Gasteiger partial charge in [0.25, 0.3) is 0 Å². The first-order valence-electron chi connectivity index (χ1n) is 7.37. The molecule has 1 aromatic heterocycles. The Hall–Kier alpha value is -1.62. The molecule has 0 unspecified atom stereocenters. The molecule has 1 saturated carbocycles. The minimum atomic E-state index is -0.350. The van der Waals surface area contributed by atoms with E-state index in [1.807, 2.05) is 12.1 Å². The summed E-state index contributed by atoms with van der Waals surface area (Å²) in [5.41, 5.74) is 6.13. The zero-order valence-corrected chi connectivity index (χ0v) is 12.4. The number of nitrogens with zero attached hydrogens (tertiary/aromatic N) is 2. The van der Waals surface area contributed by atoms with Crippen LogP contribution in [0.2, 0.25) is 0 Å². The summed E-state index contributed by atoms with van der Waals surface area (Å²) in [7, 11) is 0. The fraction of sp³-hybridized carbons (Fsp3) is 0.600. The molecule has 0 atom stereocenters. The Bertz CT molecular complexity index is 444. The highest BCUT2D eigenvalue weighted by molar-refractivity contribution is 5.96. The molecule has 110 valence electrons. The second kappa shape index (κ2) is 6.22. The molecular weight excluding hydrogens is 252 g/mol. The van der Waals surface area contributed by atoms with Crippen molar-refractivity contribution in [1.82, 2.24) is 4.98 Å². The van der Waals surface area contributed by atoms with Crippen LogP contribution in [0.25, 0.3) is 0 Å². The van der Waals surface area contributed by atoms with Crippen molar-refractivity contribution in [2.45, 2.75) is 33.1 Å². The van der Waals surface area contributed by atoms with E-state index in [4.69, 9.17) is 5.73 Å². The number of hydrogen-bond donors (Lipinski definition) is 2. The van der Waals surface area contributed by atoms with Gasteiger partial charge in [0.1, 0.15) is 5.82 Å². The molecule has 1 amide bonds. The summed E-state index contributed by atoms with van der Waals surface area (Å²) in [6.45, 7) is 6.46. The largest absolute Gasteiger partial charge is 0.357 e. The SMILES string of the molecule is CCN(CC)c1ccc(NC(=O)C2(CN)CCC2)cn1. The molecular formula is C15H24N4O. The highest BCUT2D eigenvalue weighted by Crippen LogP contribution is 2.40. The number of carbonyl (C=O) groups excluding carboxylic acids is 1. The van der Waals surface area contributed by atoms with Crippen LogP contribution >= 0.6 is 0 Å². The topological polar surface area (TPSA) is 71.2 Å². The summed E-state index contributed by atoms with van der Waals surface area (Å²) >= 11 is 0. The van der Waals surface area contributed by atoms with Crippen molar-refractivity contribution in [2.24, 2.45) is 11.1 Å². The Balaban J connectivity index is 2.02. The number of hydrogen-bond acceptors (Lipinski definition) is 4. The lowest BCUT2D eigenvalue weighted by Crippen LogP contribution is -2.47. The Morgan fingerprint density at radius 2 is 2.10 bits per heavy atom. The van der Waals surface area contributed by atoms with Crippen molar-refractivity contribution in [3.05, 3.63) is 18.3 Å². The van der Waals surface area contributed by atoms with Crippen LogP contribution in [0, 0.1) is 5.41 Å². The molecule has 2 rings (SSSR count). The molecule has 1 heterocycles. The van der Waals surface area contributed by atoms with Crippen LogP contribution in [-0.4, -0.2) is 30.5 Å². The molecule has 1 aliphatic carbocycles. The molecule has 5 heteroatoms. The van der Waals surface area contributed by atoms with Crippen molar-refractivity contribution in [3.8, 4) is 0 Å². The summed E-state index contributed by atoms with van der Waals surface area (Å²) in [4.78, 5) is 18.8. The fourth-order valence-electron chi connectivity index (χ4n) is 2.59. The minimum absolute atomic E-state index is 0.0311. The van der Waals surface area contributed by atoms with E-state index in [9.17, 15) is 4.79 Å². The van der Waals surface area contributed by atoms with Gasteiger partial charge in [-0.1, -0.05) is 6.42 Å². The molecule has 1 aromatic rings. The number of rotatable bonds is 6. The highest BCUT2D eigenvalue weighted by Gasteiger charge is 2.42. The van der Waals surface area contributed by atoms with E-state index in [1.54, 1.807) is 6.20 Å². The summed E-state index contributed by atoms with van der Waals surface area (Å²) in [5.74, 6) is 0.967. The lowest BCUT2D eigenvalue weighted by atomic mass is 9.68. The molecule has 0 saturated heterocycles. The molecule has 20 heavy (non-hydrogen) atoms. The zero-order valence-electron chi connectivity index (χ0n) is 12.4. The van der Waals surface area contributed by atoms with Crippen LogP contribution < -0.4 is 16.0 Å². The van der Waals surface area contributed by atoms with Crippen LogP contribution in [0.4, 0.5) is 11.5 Å². The maximum atomic E-state index is 12.2. The molecule has 1 aliphatic rings. The lowest BCUT2D eigenvalue weighted by molar-refractivity contribution is -0.129. The highest BCUT2D eigenvalue weighted by atomic mass is 16.2. The lowest BCUT2D eigenvalue weighted by Gasteiger charge is -2.39. The van der Waals surface area contributed by atoms with Gasteiger partial charge in [0.2, 0.25) is 5.91 Å². The number of aromatic nitrogens is 1. The number of nitrogens with two attached hydrogens (primary N) is 1. The maximum Gasteiger partial charge on any atom is 0.231 e. The Kier molecular flexibility index (Phi) is 4.60. The van der Waals surface area contributed by atoms with E-state index in [0.29, 0.717) is 6.54 Å². The number of anilines is 2. The van der Waals surface area contributed by atoms with Crippen LogP contribution in [0.3, 0.4) is 0 Å². The van der Waals surface area contributed by atoms with Gasteiger partial charge in [-0.15, -0.1) is 0 Å². The first-order valence-corrected chi connectivity index (χ1v) is 7.37. The van der Waals surface area contributed by atoms with Gasteiger partial charge in [0.15, 0.2) is 0 Å². The van der Waals surface area contributed by atoms with Gasteiger partial charge in [-0.05, 0) is 38.8 Å². The van der Waals surface area contributed by atoms with Crippen molar-refractivity contribution in [1.29, 1.82) is 0 Å². The van der Waals surface area contributed by atoms with E-state index >= 15 is 0 Å². The standard InChI is InChI=1S/C15H24N4O/c1-3-19(4-2)13-7-6-12(10-17-13)18-14(20)15(11-16)8-5-9-15/h6-7,10H,3-5,8-9,11,16H2,1-2H3,(H,18,20). The van der Waals surface area contributed by atoms with Crippen LogP contribution in [-0.2, 0) is 4.79 Å². The third-order valence-corrected chi connectivity index (χ3v) is 4.28. The average Bonchev–Trinajstić information content (AvgIpc) is 2.41. The van der Waals surface area contributed by atoms with Gasteiger partial charge >= 0.3 is 0 Å². The smallest absolute Gasteiger partial charge is 0.231 e. The van der Waals surface area contributed by atoms with Gasteiger partial charge in [-0.2, -0.15) is 0 Å². The Labute approximate surface area is 120 Å². The predicted molar refractivity (Wildman–Crippen MR) is 81.8 cm³/mol. The fourth-order valence-corrected chi connectivity index (χ4v) is 2.59. The van der Waals surface area contributed by atoms with Gasteiger partial charge in [0, 0.05) is 19.6 Å². The molecule has 1 fully saturated rings. The van der Waals surface area contributed by atoms with Crippen LogP contribution in [0.1, 0.15) is 33.1 Å². The first kappa shape index (κ1) is 14.8. The van der Waals surface area contributed by atoms with E-state index in [-0.39, 0.29) is 11.3 Å². The van der Waals surface area contributed by atoms with Gasteiger partial charge < -0.3 is 16.0 Å². The average molecular weight is 276 g/mol. The number of nitrogens with one attached hydrogen (secondary N) is 1. The summed E-state index contributed by atoms with van der Waals surface area (Å²) in [5, 5.41) is 2.94. The monoisotopic (exact) mass is 276 g/mol. The second-order valence-electron chi connectivity index (χ2n) is 5.37. The minimum Gasteiger partial charge on any atom is -0.357 e. The molecule has 0 bridgehead atoms. The van der Waals surface area contributed by atoms with Gasteiger partial charge in [0.05, 0.1) is 17.3 Å². The Morgan fingerprint density at radius 3 is 2.50 bits per heavy atom. The van der Waals surface area contributed by atoms with E-state index in [1.165, 1.54) is 0 Å². The third kappa shape index (κ3) is 2.77. The third-order valence-electron chi connectivity index (χ3n) is 4.28. The maximum absolute atomic E-state index is 12.2. The summed E-state index contributed by atoms with van der Waals surface area (Å²) < 4.78 is 0. The number of carbonyl (C=O) groups is 1. The zero-order chi connectivity index (χ0) is 14.6. The van der Waals surface area contributed by atoms with Gasteiger partial charge in [-0.25, -0.2) is 4.98 Å². The van der Waals surface area contributed by atoms with Crippen molar-refractivity contribution >= 4 is 17.4 Å². The van der Waals surface area contributed by atoms with Crippen molar-refractivity contribution < 1.29 is 4.79 Å². The molecule has 0 radical (unpaired) electrons. The van der Waals surface area contributed by atoms with E-state index in [0.717, 1.165) is 43.9 Å². The van der Waals surface area contributed by atoms with Crippen molar-refractivity contribution in [2.75, 3.05) is 29.9 Å². The number of amides is 1. The molecule has 0 spiro atoms. The first-order chi connectivity index (χ1) is 9.65. The molecule has 5 nitrogen and oxygen atoms in total. The van der Waals surface area contributed by atoms with E-state index in [2.05, 4.69) is 29.0 Å². The number of pyridine rings is 1. The summed E-state index contributed by atoms with van der Waals surface area (Å²) in [6, 6.07) is 3.85. The van der Waals surface area contributed by atoms with E-state index < -0.39 is 0 Å². The second-order valence-corrected chi connectivity index (χ2v) is 5.37. The quantitative estimate of drug-likeness (QED) is 0.833. The molecule has 3 N–H and O–H groups in total. The van der Waals surface area contributed by atoms with Gasteiger partial charge in [-0.3, -0.25) is 4.79 Å².